The zero-order valence-corrected chi connectivity index (χ0v) is 73.9. The molecule has 16 heteroatoms. The third-order valence-electron chi connectivity index (χ3n) is 17.7. The molecule has 0 aromatic heterocycles. The molecule has 4 N–H and O–H groups in total. The molecule has 0 amide bonds. The average molecular weight is 1470 g/mol. The summed E-state index contributed by atoms with van der Waals surface area (Å²) < 4.78 is 0. The van der Waals surface area contributed by atoms with Crippen molar-refractivity contribution >= 4 is 23.9 Å². The summed E-state index contributed by atoms with van der Waals surface area (Å²) in [4.78, 5) is 44.7. The van der Waals surface area contributed by atoms with Crippen molar-refractivity contribution in [3.8, 4) is 23.0 Å². The minimum atomic E-state index is -1.12. The molecule has 4 aromatic carbocycles. The van der Waals surface area contributed by atoms with E-state index in [9.17, 15) is 39.6 Å². The van der Waals surface area contributed by atoms with Crippen molar-refractivity contribution in [2.45, 2.75) is 310 Å². The predicted molar refractivity (Wildman–Crippen MR) is 408 cm³/mol. The predicted octanol–water partition coefficient (Wildman–Crippen LogP) is 11.0. The van der Waals surface area contributed by atoms with Gasteiger partial charge in [0.25, 0.3) is 0 Å². The molecule has 0 radical (unpaired) electrons. The van der Waals surface area contributed by atoms with Gasteiger partial charge in [0, 0.05) is 0 Å². The molecule has 0 aliphatic heterocycles. The van der Waals surface area contributed by atoms with Gasteiger partial charge in [-0.05, 0) is 151 Å². The topological polar surface area (TPSA) is 241 Å². The van der Waals surface area contributed by atoms with Crippen LogP contribution in [0.15, 0.2) is 146 Å². The number of carbonyl (C=O) groups is 4. The Morgan fingerprint density at radius 2 is 0.481 bits per heavy atom. The first kappa shape index (κ1) is 107. The molecule has 0 bridgehead atoms. The molecule has 0 saturated heterocycles. The maximum atomic E-state index is 11.6. The van der Waals surface area contributed by atoms with Crippen molar-refractivity contribution in [3.63, 3.8) is 0 Å². The van der Waals surface area contributed by atoms with Crippen LogP contribution in [0.2, 0.25) is 0 Å². The molecule has 12 nitrogen and oxygen atoms in total. The van der Waals surface area contributed by atoms with Gasteiger partial charge >= 0.3 is 142 Å². The SMILES string of the molecule is C=CC/C=C\C/C=C\CCCCCCCc1cccc([O-])c1C(=O)O.CCC/C=C\C/C=C\CCCCCCCc1cccc([O-])c1C(=O)O.CCCCCC/C=C\CCCCCCCc1cccc([O-])c1C(=O)O.CCCCCCCCCCCCCCCc1cccc([O-])c1C(=O)O.[Na+].[Na+].[Na+].[Na+]. The van der Waals surface area contributed by atoms with Gasteiger partial charge in [-0.1, -0.05) is 344 Å². The molecule has 0 spiro atoms. The Hall–Kier alpha value is -3.60. The van der Waals surface area contributed by atoms with Crippen LogP contribution in [-0.4, -0.2) is 44.3 Å². The quantitative estimate of drug-likeness (QED) is 0.0183. The smallest absolute Gasteiger partial charge is 0.872 e. The Bertz CT molecular complexity index is 2950. The van der Waals surface area contributed by atoms with Crippen LogP contribution in [0.4, 0.5) is 0 Å². The van der Waals surface area contributed by atoms with Crippen LogP contribution < -0.4 is 139 Å². The van der Waals surface area contributed by atoms with E-state index in [4.69, 9.17) is 20.4 Å². The molecule has 0 aliphatic carbocycles. The van der Waals surface area contributed by atoms with E-state index in [0.29, 0.717) is 47.9 Å². The number of carboxylic acids is 4. The van der Waals surface area contributed by atoms with Crippen molar-refractivity contribution in [3.05, 3.63) is 191 Å². The molecule has 0 saturated carbocycles. The first-order valence-electron chi connectivity index (χ1n) is 38.6. The van der Waals surface area contributed by atoms with E-state index in [2.05, 4.69) is 88.1 Å². The van der Waals surface area contributed by atoms with E-state index in [-0.39, 0.29) is 158 Å². The fourth-order valence-corrected chi connectivity index (χ4v) is 11.9. The summed E-state index contributed by atoms with van der Waals surface area (Å²) in [5.41, 5.74) is 2.48. The number of rotatable bonds is 55. The molecule has 0 aliphatic rings. The van der Waals surface area contributed by atoms with Gasteiger partial charge in [-0.2, -0.15) is 0 Å². The molecular formula is C88H128Na4O12. The van der Waals surface area contributed by atoms with Crippen LogP contribution in [0.3, 0.4) is 0 Å². The van der Waals surface area contributed by atoms with Gasteiger partial charge in [0.05, 0.1) is 22.3 Å². The second kappa shape index (κ2) is 76.2. The molecule has 556 valence electrons. The Balaban J connectivity index is -0.000000633. The first-order valence-corrected chi connectivity index (χ1v) is 38.6. The zero-order chi connectivity index (χ0) is 73.3. The van der Waals surface area contributed by atoms with Gasteiger partial charge in [0.15, 0.2) is 0 Å². The molecule has 4 aromatic rings. The fraction of sp³-hybridized carbons (Fsp3) is 0.545. The summed E-state index contributed by atoms with van der Waals surface area (Å²) in [6, 6.07) is 18.9. The number of aromatic carboxylic acids is 4. The number of hydrogen-bond acceptors (Lipinski definition) is 8. The molecule has 0 unspecified atom stereocenters. The number of benzene rings is 4. The molecule has 4 rings (SSSR count). The summed E-state index contributed by atoms with van der Waals surface area (Å²) >= 11 is 0. The van der Waals surface area contributed by atoms with Gasteiger partial charge in [0.2, 0.25) is 0 Å². The number of aryl methyl sites for hydroxylation is 4. The Morgan fingerprint density at radius 3 is 0.721 bits per heavy atom. The number of unbranched alkanes of at least 4 members (excludes halogenated alkanes) is 32. The van der Waals surface area contributed by atoms with Crippen LogP contribution in [0.1, 0.15) is 348 Å². The molecule has 104 heavy (non-hydrogen) atoms. The number of allylic oxidation sites excluding steroid dienone is 11. The van der Waals surface area contributed by atoms with Crippen molar-refractivity contribution < 1.29 is 178 Å². The van der Waals surface area contributed by atoms with Crippen LogP contribution in [0, 0.1) is 0 Å². The van der Waals surface area contributed by atoms with Gasteiger partial charge < -0.3 is 40.9 Å². The van der Waals surface area contributed by atoms with E-state index in [1.54, 1.807) is 48.5 Å². The second-order valence-corrected chi connectivity index (χ2v) is 26.3. The van der Waals surface area contributed by atoms with Gasteiger partial charge in [0.1, 0.15) is 0 Å². The van der Waals surface area contributed by atoms with E-state index in [0.717, 1.165) is 103 Å². The van der Waals surface area contributed by atoms with Gasteiger partial charge in [-0.3, -0.25) is 0 Å². The first-order chi connectivity index (χ1) is 48.7. The zero-order valence-electron chi connectivity index (χ0n) is 65.9. The van der Waals surface area contributed by atoms with E-state index >= 15 is 0 Å². The standard InChI is InChI=1S/C22H36O3.C22H34O3.C22H32O3.C22H30O3.4Na/c4*1-2-3-4-5-6-7-8-9-10-11-12-13-14-16-19-17-15-18-20(23)21(19)22(24)25;;;;/h15,17-18,23H,2-14,16H2,1H3,(H,24,25);7-8,15,17-18,23H,2-6,9-14,16H2,1H3,(H,24,25);4-5,7-8,15,17-18,23H,2-3,6,9-14,16H2,1H3,(H,24,25);2,4-5,7-8,15,17-18,23H,1,3,6,9-14,16H2,(H,24,25);;;;/q;;;;4*+1/p-4/b;8-7-;2*5-4-,8-7-;;;;. The van der Waals surface area contributed by atoms with E-state index < -0.39 is 29.6 Å². The summed E-state index contributed by atoms with van der Waals surface area (Å²) in [6.07, 6.45) is 75.6. The average Bonchev–Trinajstić information content (AvgIpc) is 0.873. The van der Waals surface area contributed by atoms with Crippen molar-refractivity contribution in [1.29, 1.82) is 0 Å². The fourth-order valence-electron chi connectivity index (χ4n) is 11.9. The Morgan fingerprint density at radius 1 is 0.279 bits per heavy atom. The Kier molecular flexibility index (Phi) is 78.2. The Labute approximate surface area is 717 Å². The third-order valence-corrected chi connectivity index (χ3v) is 17.7. The third kappa shape index (κ3) is 56.6. The molecule has 0 heterocycles. The van der Waals surface area contributed by atoms with E-state index in [1.165, 1.54) is 185 Å². The van der Waals surface area contributed by atoms with Crippen LogP contribution in [0.5, 0.6) is 23.0 Å². The molecule has 0 fully saturated rings. The summed E-state index contributed by atoms with van der Waals surface area (Å²) in [7, 11) is 0. The van der Waals surface area contributed by atoms with E-state index in [1.807, 2.05) is 6.08 Å². The van der Waals surface area contributed by atoms with Crippen LogP contribution in [-0.2, 0) is 25.7 Å². The maximum Gasteiger partial charge on any atom is 1.00 e. The van der Waals surface area contributed by atoms with Crippen LogP contribution in [0.25, 0.3) is 0 Å². The summed E-state index contributed by atoms with van der Waals surface area (Å²) in [6.45, 7) is 10.4. The van der Waals surface area contributed by atoms with Crippen molar-refractivity contribution in [2.24, 2.45) is 0 Å². The maximum absolute atomic E-state index is 11.6. The van der Waals surface area contributed by atoms with Gasteiger partial charge in [-0.15, -0.1) is 6.58 Å². The minimum absolute atomic E-state index is 0. The largest absolute Gasteiger partial charge is 1.00 e. The minimum Gasteiger partial charge on any atom is -0.872 e. The summed E-state index contributed by atoms with van der Waals surface area (Å²) in [5.74, 6) is -5.98. The van der Waals surface area contributed by atoms with Crippen molar-refractivity contribution in [1.82, 2.24) is 0 Å². The normalized spacial score (nSPS) is 10.8. The monoisotopic (exact) mass is 1470 g/mol. The van der Waals surface area contributed by atoms with Crippen molar-refractivity contribution in [2.75, 3.05) is 0 Å². The molecular weight excluding hydrogens is 1340 g/mol. The second-order valence-electron chi connectivity index (χ2n) is 26.3. The number of hydrogen-bond donors (Lipinski definition) is 4. The van der Waals surface area contributed by atoms with Gasteiger partial charge in [-0.25, -0.2) is 19.2 Å². The number of carboxylic acid groups (broad SMARTS) is 4. The summed E-state index contributed by atoms with van der Waals surface area (Å²) in [5, 5.41) is 83.1. The molecule has 0 atom stereocenters. The van der Waals surface area contributed by atoms with Crippen LogP contribution >= 0.6 is 0 Å².